The standard InChI is InChI=1S/C19H27N5O2/c1-22-14-20-21-18(22)15-6-10-24(11-7-15)19(25)16-4-8-23(9-5-16)13-17-3-2-12-26-17/h2-3,12,14-16H,4-11,13H2,1H3. The zero-order valence-corrected chi connectivity index (χ0v) is 15.4. The second-order valence-corrected chi connectivity index (χ2v) is 7.53. The predicted octanol–water partition coefficient (Wildman–Crippen LogP) is 2.03. The molecular weight excluding hydrogens is 330 g/mol. The van der Waals surface area contributed by atoms with Gasteiger partial charge in [0.1, 0.15) is 17.9 Å². The summed E-state index contributed by atoms with van der Waals surface area (Å²) in [5.41, 5.74) is 0. The monoisotopic (exact) mass is 357 g/mol. The van der Waals surface area contributed by atoms with Gasteiger partial charge in [0, 0.05) is 32.0 Å². The average Bonchev–Trinajstić information content (AvgIpc) is 3.34. The lowest BCUT2D eigenvalue weighted by Gasteiger charge is -2.37. The number of piperidine rings is 2. The van der Waals surface area contributed by atoms with Gasteiger partial charge in [0.2, 0.25) is 5.91 Å². The van der Waals surface area contributed by atoms with Crippen LogP contribution in [0.15, 0.2) is 29.1 Å². The molecule has 2 fully saturated rings. The Kier molecular flexibility index (Phi) is 5.06. The Bertz CT molecular complexity index is 710. The van der Waals surface area contributed by atoms with Crippen LogP contribution in [0.3, 0.4) is 0 Å². The molecule has 0 saturated carbocycles. The first-order valence-corrected chi connectivity index (χ1v) is 9.58. The van der Waals surface area contributed by atoms with E-state index in [2.05, 4.69) is 20.0 Å². The van der Waals surface area contributed by atoms with E-state index in [0.29, 0.717) is 11.8 Å². The average molecular weight is 357 g/mol. The number of carbonyl (C=O) groups is 1. The van der Waals surface area contributed by atoms with Crippen LogP contribution in [0.2, 0.25) is 0 Å². The highest BCUT2D eigenvalue weighted by Crippen LogP contribution is 2.28. The largest absolute Gasteiger partial charge is 0.468 e. The van der Waals surface area contributed by atoms with E-state index in [9.17, 15) is 4.79 Å². The van der Waals surface area contributed by atoms with Crippen LogP contribution in [-0.4, -0.2) is 56.7 Å². The molecule has 1 amide bonds. The van der Waals surface area contributed by atoms with Crippen LogP contribution in [0.25, 0.3) is 0 Å². The normalized spacial score (nSPS) is 20.6. The van der Waals surface area contributed by atoms with Gasteiger partial charge in [0.05, 0.1) is 12.8 Å². The van der Waals surface area contributed by atoms with Gasteiger partial charge in [-0.1, -0.05) is 0 Å². The number of aryl methyl sites for hydroxylation is 1. The number of rotatable bonds is 4. The third kappa shape index (κ3) is 3.67. The lowest BCUT2D eigenvalue weighted by Crippen LogP contribution is -2.45. The maximum atomic E-state index is 12.9. The molecule has 0 bridgehead atoms. The van der Waals surface area contributed by atoms with Gasteiger partial charge in [0.15, 0.2) is 0 Å². The van der Waals surface area contributed by atoms with Crippen LogP contribution in [0, 0.1) is 5.92 Å². The second kappa shape index (κ2) is 7.61. The van der Waals surface area contributed by atoms with E-state index in [0.717, 1.165) is 70.0 Å². The lowest BCUT2D eigenvalue weighted by atomic mass is 9.91. The SMILES string of the molecule is Cn1cnnc1C1CCN(C(=O)C2CCN(Cc3ccco3)CC2)CC1. The summed E-state index contributed by atoms with van der Waals surface area (Å²) in [4.78, 5) is 17.3. The third-order valence-corrected chi connectivity index (χ3v) is 5.81. The molecule has 140 valence electrons. The Hall–Kier alpha value is -2.15. The van der Waals surface area contributed by atoms with Crippen LogP contribution < -0.4 is 0 Å². The van der Waals surface area contributed by atoms with E-state index < -0.39 is 0 Å². The zero-order valence-electron chi connectivity index (χ0n) is 15.4. The third-order valence-electron chi connectivity index (χ3n) is 5.81. The molecular formula is C19H27N5O2. The first-order chi connectivity index (χ1) is 12.7. The fourth-order valence-electron chi connectivity index (χ4n) is 4.24. The van der Waals surface area contributed by atoms with E-state index in [-0.39, 0.29) is 5.92 Å². The lowest BCUT2D eigenvalue weighted by molar-refractivity contribution is -0.138. The maximum Gasteiger partial charge on any atom is 0.225 e. The molecule has 4 heterocycles. The van der Waals surface area contributed by atoms with E-state index in [1.165, 1.54) is 0 Å². The van der Waals surface area contributed by atoms with Crippen LogP contribution in [0.1, 0.15) is 43.2 Å². The van der Waals surface area contributed by atoms with Crippen LogP contribution in [0.4, 0.5) is 0 Å². The number of carbonyl (C=O) groups excluding carboxylic acids is 1. The Labute approximate surface area is 154 Å². The fraction of sp³-hybridized carbons (Fsp3) is 0.632. The van der Waals surface area contributed by atoms with E-state index in [4.69, 9.17) is 4.42 Å². The number of furan rings is 1. The number of aromatic nitrogens is 3. The molecule has 2 aromatic heterocycles. The predicted molar refractivity (Wildman–Crippen MR) is 96.3 cm³/mol. The van der Waals surface area contributed by atoms with Crippen molar-refractivity contribution in [1.29, 1.82) is 0 Å². The molecule has 7 nitrogen and oxygen atoms in total. The molecule has 2 aliphatic rings. The van der Waals surface area contributed by atoms with E-state index >= 15 is 0 Å². The summed E-state index contributed by atoms with van der Waals surface area (Å²) in [5, 5.41) is 8.21. The number of likely N-dealkylation sites (tertiary alicyclic amines) is 2. The highest BCUT2D eigenvalue weighted by molar-refractivity contribution is 5.79. The molecule has 2 aromatic rings. The van der Waals surface area contributed by atoms with Gasteiger partial charge in [0.25, 0.3) is 0 Å². The zero-order chi connectivity index (χ0) is 17.9. The van der Waals surface area contributed by atoms with Crippen molar-refractivity contribution < 1.29 is 9.21 Å². The quantitative estimate of drug-likeness (QED) is 0.837. The summed E-state index contributed by atoms with van der Waals surface area (Å²) in [7, 11) is 1.99. The summed E-state index contributed by atoms with van der Waals surface area (Å²) in [5.74, 6) is 2.99. The summed E-state index contributed by atoms with van der Waals surface area (Å²) in [6.07, 6.45) is 7.33. The Balaban J connectivity index is 1.25. The maximum absolute atomic E-state index is 12.9. The molecule has 2 aliphatic heterocycles. The first kappa shape index (κ1) is 17.3. The van der Waals surface area contributed by atoms with Crippen molar-refractivity contribution in [2.75, 3.05) is 26.2 Å². The van der Waals surface area contributed by atoms with Crippen molar-refractivity contribution in [1.82, 2.24) is 24.6 Å². The number of nitrogens with zero attached hydrogens (tertiary/aromatic N) is 5. The summed E-state index contributed by atoms with van der Waals surface area (Å²) in [6, 6.07) is 3.94. The number of hydrogen-bond donors (Lipinski definition) is 0. The second-order valence-electron chi connectivity index (χ2n) is 7.53. The van der Waals surface area contributed by atoms with Gasteiger partial charge in [-0.3, -0.25) is 9.69 Å². The molecule has 2 saturated heterocycles. The number of amides is 1. The number of hydrogen-bond acceptors (Lipinski definition) is 5. The molecule has 0 N–H and O–H groups in total. The van der Waals surface area contributed by atoms with Gasteiger partial charge in [-0.25, -0.2) is 0 Å². The van der Waals surface area contributed by atoms with Crippen LogP contribution in [0.5, 0.6) is 0 Å². The molecule has 0 aliphatic carbocycles. The highest BCUT2D eigenvalue weighted by atomic mass is 16.3. The fourth-order valence-corrected chi connectivity index (χ4v) is 4.24. The molecule has 0 atom stereocenters. The van der Waals surface area contributed by atoms with Gasteiger partial charge in [-0.05, 0) is 50.9 Å². The van der Waals surface area contributed by atoms with Crippen molar-refractivity contribution in [3.8, 4) is 0 Å². The van der Waals surface area contributed by atoms with E-state index in [1.807, 2.05) is 23.7 Å². The Morgan fingerprint density at radius 2 is 1.96 bits per heavy atom. The Morgan fingerprint density at radius 1 is 1.19 bits per heavy atom. The minimum Gasteiger partial charge on any atom is -0.468 e. The molecule has 4 rings (SSSR count). The summed E-state index contributed by atoms with van der Waals surface area (Å²) < 4.78 is 7.42. The first-order valence-electron chi connectivity index (χ1n) is 9.58. The van der Waals surface area contributed by atoms with Gasteiger partial charge in [-0.15, -0.1) is 10.2 Å². The molecule has 0 spiro atoms. The van der Waals surface area contributed by atoms with Gasteiger partial charge < -0.3 is 13.9 Å². The van der Waals surface area contributed by atoms with Crippen molar-refractivity contribution in [3.63, 3.8) is 0 Å². The highest BCUT2D eigenvalue weighted by Gasteiger charge is 2.32. The minimum atomic E-state index is 0.175. The van der Waals surface area contributed by atoms with E-state index in [1.54, 1.807) is 12.6 Å². The smallest absolute Gasteiger partial charge is 0.225 e. The van der Waals surface area contributed by atoms with Crippen molar-refractivity contribution in [2.24, 2.45) is 13.0 Å². The van der Waals surface area contributed by atoms with Crippen molar-refractivity contribution in [3.05, 3.63) is 36.3 Å². The van der Waals surface area contributed by atoms with Gasteiger partial charge in [-0.2, -0.15) is 0 Å². The van der Waals surface area contributed by atoms with Crippen molar-refractivity contribution in [2.45, 2.75) is 38.1 Å². The molecule has 26 heavy (non-hydrogen) atoms. The van der Waals surface area contributed by atoms with Crippen LogP contribution >= 0.6 is 0 Å². The van der Waals surface area contributed by atoms with Crippen molar-refractivity contribution >= 4 is 5.91 Å². The summed E-state index contributed by atoms with van der Waals surface area (Å²) in [6.45, 7) is 4.45. The molecule has 0 unspecified atom stereocenters. The topological polar surface area (TPSA) is 67.4 Å². The van der Waals surface area contributed by atoms with Gasteiger partial charge >= 0.3 is 0 Å². The Morgan fingerprint density at radius 3 is 2.58 bits per heavy atom. The minimum absolute atomic E-state index is 0.175. The molecule has 0 aromatic carbocycles. The summed E-state index contributed by atoms with van der Waals surface area (Å²) >= 11 is 0. The van der Waals surface area contributed by atoms with Crippen LogP contribution in [-0.2, 0) is 18.4 Å². The molecule has 7 heteroatoms. The molecule has 0 radical (unpaired) electrons.